The zero-order chi connectivity index (χ0) is 14.2. The Bertz CT molecular complexity index is 561. The number of nitrogens with two attached hydrogens (primary N) is 1. The van der Waals surface area contributed by atoms with Crippen LogP contribution in [0.3, 0.4) is 0 Å². The van der Waals surface area contributed by atoms with Crippen molar-refractivity contribution in [2.45, 2.75) is 19.4 Å². The third-order valence-corrected chi connectivity index (χ3v) is 3.48. The molecule has 6 heteroatoms. The fourth-order valence-electron chi connectivity index (χ4n) is 2.35. The maximum Gasteiger partial charge on any atom is 0.247 e. The van der Waals surface area contributed by atoms with Crippen LogP contribution in [0.2, 0.25) is 0 Å². The van der Waals surface area contributed by atoms with Gasteiger partial charge >= 0.3 is 0 Å². The number of carbonyl (C=O) groups excluding carboxylic acids is 1. The minimum Gasteiger partial charge on any atom is -0.396 e. The zero-order valence-electron chi connectivity index (χ0n) is 11.3. The highest BCUT2D eigenvalue weighted by molar-refractivity contribution is 5.91. The molecule has 0 aromatic carbocycles. The smallest absolute Gasteiger partial charge is 0.247 e. The Kier molecular flexibility index (Phi) is 3.06. The number of nitrogens with zero attached hydrogens (tertiary/aromatic N) is 4. The van der Waals surface area contributed by atoms with E-state index >= 15 is 0 Å². The largest absolute Gasteiger partial charge is 0.396 e. The predicted molar refractivity (Wildman–Crippen MR) is 72.4 cm³/mol. The van der Waals surface area contributed by atoms with Gasteiger partial charge in [-0.15, -0.1) is 0 Å². The number of anilines is 2. The van der Waals surface area contributed by atoms with Crippen LogP contribution < -0.4 is 10.6 Å². The average Bonchev–Trinajstić information content (AvgIpc) is 2.37. The van der Waals surface area contributed by atoms with E-state index in [2.05, 4.69) is 4.98 Å². The Hall–Kier alpha value is -2.29. The SMILES string of the molecule is CN1CCN(c2ncc(C#N)cc2N)C(C)(C)C1=O. The van der Waals surface area contributed by atoms with Crippen LogP contribution in [0.15, 0.2) is 12.3 Å². The molecular weight excluding hydrogens is 242 g/mol. The molecule has 1 aromatic heterocycles. The number of nitrogen functional groups attached to an aromatic ring is 1. The van der Waals surface area contributed by atoms with Crippen molar-refractivity contribution >= 4 is 17.4 Å². The van der Waals surface area contributed by atoms with Gasteiger partial charge in [0.05, 0.1) is 11.3 Å². The highest BCUT2D eigenvalue weighted by Gasteiger charge is 2.41. The van der Waals surface area contributed by atoms with Crippen molar-refractivity contribution in [3.05, 3.63) is 17.8 Å². The van der Waals surface area contributed by atoms with Gasteiger partial charge in [-0.05, 0) is 19.9 Å². The molecule has 0 unspecified atom stereocenters. The molecule has 0 bridgehead atoms. The van der Waals surface area contributed by atoms with Crippen LogP contribution in [0.25, 0.3) is 0 Å². The Labute approximate surface area is 112 Å². The van der Waals surface area contributed by atoms with E-state index in [0.29, 0.717) is 30.2 Å². The van der Waals surface area contributed by atoms with Crippen LogP contribution in [0.5, 0.6) is 0 Å². The topological polar surface area (TPSA) is 86.2 Å². The highest BCUT2D eigenvalue weighted by Crippen LogP contribution is 2.31. The predicted octanol–water partition coefficient (Wildman–Crippen LogP) is 0.592. The molecule has 1 aromatic rings. The molecule has 1 aliphatic heterocycles. The number of carbonyl (C=O) groups is 1. The molecule has 0 spiro atoms. The van der Waals surface area contributed by atoms with Gasteiger partial charge in [-0.3, -0.25) is 4.79 Å². The Morgan fingerprint density at radius 1 is 1.47 bits per heavy atom. The lowest BCUT2D eigenvalue weighted by atomic mass is 9.97. The molecule has 0 aliphatic carbocycles. The maximum absolute atomic E-state index is 12.2. The van der Waals surface area contributed by atoms with Crippen LogP contribution in [0, 0.1) is 11.3 Å². The number of hydrogen-bond acceptors (Lipinski definition) is 5. The van der Waals surface area contributed by atoms with Crippen molar-refractivity contribution in [1.82, 2.24) is 9.88 Å². The second-order valence-corrected chi connectivity index (χ2v) is 5.19. The first-order chi connectivity index (χ1) is 8.87. The summed E-state index contributed by atoms with van der Waals surface area (Å²) in [6.07, 6.45) is 1.48. The van der Waals surface area contributed by atoms with Crippen molar-refractivity contribution in [3.8, 4) is 6.07 Å². The van der Waals surface area contributed by atoms with E-state index in [4.69, 9.17) is 11.0 Å². The summed E-state index contributed by atoms with van der Waals surface area (Å²) in [6.45, 7) is 5.00. The third-order valence-electron chi connectivity index (χ3n) is 3.48. The Morgan fingerprint density at radius 3 is 2.74 bits per heavy atom. The summed E-state index contributed by atoms with van der Waals surface area (Å²) in [5, 5.41) is 8.82. The molecule has 19 heavy (non-hydrogen) atoms. The lowest BCUT2D eigenvalue weighted by Gasteiger charge is -2.45. The van der Waals surface area contributed by atoms with Gasteiger partial charge in [0, 0.05) is 26.3 Å². The van der Waals surface area contributed by atoms with Crippen LogP contribution >= 0.6 is 0 Å². The summed E-state index contributed by atoms with van der Waals surface area (Å²) in [5.74, 6) is 0.592. The van der Waals surface area contributed by atoms with Crippen LogP contribution in [0.1, 0.15) is 19.4 Å². The first-order valence-electron chi connectivity index (χ1n) is 6.06. The highest BCUT2D eigenvalue weighted by atomic mass is 16.2. The number of pyridine rings is 1. The minimum atomic E-state index is -0.692. The van der Waals surface area contributed by atoms with Gasteiger partial charge in [0.2, 0.25) is 5.91 Å². The number of likely N-dealkylation sites (N-methyl/N-ethyl adjacent to an activating group) is 1. The van der Waals surface area contributed by atoms with E-state index in [-0.39, 0.29) is 5.91 Å². The van der Waals surface area contributed by atoms with Gasteiger partial charge in [-0.1, -0.05) is 0 Å². The fraction of sp³-hybridized carbons (Fsp3) is 0.462. The molecule has 100 valence electrons. The second-order valence-electron chi connectivity index (χ2n) is 5.19. The molecule has 6 nitrogen and oxygen atoms in total. The first-order valence-corrected chi connectivity index (χ1v) is 6.06. The average molecular weight is 259 g/mol. The molecule has 1 saturated heterocycles. The molecular formula is C13H17N5O. The van der Waals surface area contributed by atoms with E-state index in [0.717, 1.165) is 0 Å². The molecule has 0 atom stereocenters. The summed E-state index contributed by atoms with van der Waals surface area (Å²) >= 11 is 0. The van der Waals surface area contributed by atoms with Crippen LogP contribution in [-0.4, -0.2) is 41.5 Å². The van der Waals surface area contributed by atoms with Gasteiger partial charge in [0.25, 0.3) is 0 Å². The summed E-state index contributed by atoms with van der Waals surface area (Å²) in [7, 11) is 1.79. The van der Waals surface area contributed by atoms with Crippen molar-refractivity contribution in [3.63, 3.8) is 0 Å². The number of hydrogen-bond donors (Lipinski definition) is 1. The first kappa shape index (κ1) is 13.1. The molecule has 2 rings (SSSR count). The maximum atomic E-state index is 12.2. The second kappa shape index (κ2) is 4.43. The summed E-state index contributed by atoms with van der Waals surface area (Å²) in [4.78, 5) is 20.1. The van der Waals surface area contributed by atoms with Gasteiger partial charge in [0.1, 0.15) is 11.6 Å². The number of piperazine rings is 1. The third kappa shape index (κ3) is 2.08. The number of nitriles is 1. The molecule has 1 amide bonds. The van der Waals surface area contributed by atoms with E-state index in [1.807, 2.05) is 24.8 Å². The Morgan fingerprint density at radius 2 is 2.16 bits per heavy atom. The monoisotopic (exact) mass is 259 g/mol. The minimum absolute atomic E-state index is 0.0318. The summed E-state index contributed by atoms with van der Waals surface area (Å²) in [5.41, 5.74) is 6.09. The molecule has 1 aliphatic rings. The van der Waals surface area contributed by atoms with Crippen molar-refractivity contribution in [1.29, 1.82) is 5.26 Å². The summed E-state index contributed by atoms with van der Waals surface area (Å²) < 4.78 is 0. The van der Waals surface area contributed by atoms with Crippen molar-refractivity contribution < 1.29 is 4.79 Å². The van der Waals surface area contributed by atoms with Crippen molar-refractivity contribution in [2.24, 2.45) is 0 Å². The summed E-state index contributed by atoms with van der Waals surface area (Å²) in [6, 6.07) is 3.58. The molecule has 2 heterocycles. The van der Waals surface area contributed by atoms with Crippen molar-refractivity contribution in [2.75, 3.05) is 30.8 Å². The zero-order valence-corrected chi connectivity index (χ0v) is 11.3. The van der Waals surface area contributed by atoms with Gasteiger partial charge < -0.3 is 15.5 Å². The molecule has 0 saturated carbocycles. The lowest BCUT2D eigenvalue weighted by Crippen LogP contribution is -2.62. The molecule has 2 N–H and O–H groups in total. The fourth-order valence-corrected chi connectivity index (χ4v) is 2.35. The quantitative estimate of drug-likeness (QED) is 0.797. The van der Waals surface area contributed by atoms with Crippen LogP contribution in [0.4, 0.5) is 11.5 Å². The number of amides is 1. The van der Waals surface area contributed by atoms with E-state index in [1.165, 1.54) is 6.20 Å². The van der Waals surface area contributed by atoms with E-state index in [9.17, 15) is 4.79 Å². The van der Waals surface area contributed by atoms with E-state index in [1.54, 1.807) is 18.0 Å². The van der Waals surface area contributed by atoms with E-state index < -0.39 is 5.54 Å². The van der Waals surface area contributed by atoms with Gasteiger partial charge in [-0.2, -0.15) is 5.26 Å². The lowest BCUT2D eigenvalue weighted by molar-refractivity contribution is -0.136. The molecule has 1 fully saturated rings. The standard InChI is InChI=1S/C13H17N5O/c1-13(2)12(19)17(3)4-5-18(13)11-10(15)6-9(7-14)8-16-11/h6,8H,4-5,15H2,1-3H3. The number of aromatic nitrogens is 1. The molecule has 0 radical (unpaired) electrons. The number of rotatable bonds is 1. The Balaban J connectivity index is 2.42. The normalized spacial score (nSPS) is 18.3. The van der Waals surface area contributed by atoms with Gasteiger partial charge in [0.15, 0.2) is 5.82 Å². The van der Waals surface area contributed by atoms with Gasteiger partial charge in [-0.25, -0.2) is 4.98 Å². The van der Waals surface area contributed by atoms with Crippen LogP contribution in [-0.2, 0) is 4.79 Å².